The molecule has 2 bridgehead atoms. The van der Waals surface area contributed by atoms with E-state index in [2.05, 4.69) is 13.8 Å². The van der Waals surface area contributed by atoms with E-state index < -0.39 is 0 Å². The second-order valence-corrected chi connectivity index (χ2v) is 3.49. The SMILES string of the molecule is CC1=C(C)C2CCC(C1)O2. The van der Waals surface area contributed by atoms with Crippen LogP contribution in [0, 0.1) is 0 Å². The Labute approximate surface area is 62.1 Å². The van der Waals surface area contributed by atoms with Gasteiger partial charge in [-0.3, -0.25) is 0 Å². The molecule has 0 saturated carbocycles. The second kappa shape index (κ2) is 2.09. The summed E-state index contributed by atoms with van der Waals surface area (Å²) in [4.78, 5) is 0. The quantitative estimate of drug-likeness (QED) is 0.466. The maximum atomic E-state index is 5.72. The minimum absolute atomic E-state index is 0.485. The van der Waals surface area contributed by atoms with Gasteiger partial charge >= 0.3 is 0 Å². The highest BCUT2D eigenvalue weighted by atomic mass is 16.5. The summed E-state index contributed by atoms with van der Waals surface area (Å²) >= 11 is 0. The fourth-order valence-corrected chi connectivity index (χ4v) is 1.95. The lowest BCUT2D eigenvalue weighted by atomic mass is 10.0. The first kappa shape index (κ1) is 6.41. The van der Waals surface area contributed by atoms with Crippen molar-refractivity contribution in [3.05, 3.63) is 11.1 Å². The fraction of sp³-hybridized carbons (Fsp3) is 0.778. The first-order valence-corrected chi connectivity index (χ1v) is 4.09. The van der Waals surface area contributed by atoms with Crippen molar-refractivity contribution in [2.24, 2.45) is 0 Å². The molecule has 0 N–H and O–H groups in total. The van der Waals surface area contributed by atoms with Crippen LogP contribution in [0.15, 0.2) is 11.1 Å². The Kier molecular flexibility index (Phi) is 1.34. The molecule has 2 aliphatic heterocycles. The normalized spacial score (nSPS) is 39.0. The number of fused-ring (bicyclic) bond motifs is 2. The first-order valence-electron chi connectivity index (χ1n) is 4.09. The average Bonchev–Trinajstić information content (AvgIpc) is 2.29. The van der Waals surface area contributed by atoms with Crippen molar-refractivity contribution in [2.45, 2.75) is 45.3 Å². The molecule has 1 heteroatoms. The van der Waals surface area contributed by atoms with Crippen LogP contribution in [-0.2, 0) is 4.74 Å². The number of rotatable bonds is 0. The third-order valence-electron chi connectivity index (χ3n) is 2.80. The first-order chi connectivity index (χ1) is 4.77. The highest BCUT2D eigenvalue weighted by Gasteiger charge is 2.31. The van der Waals surface area contributed by atoms with Crippen LogP contribution >= 0.6 is 0 Å². The maximum Gasteiger partial charge on any atom is 0.0789 e. The molecule has 1 fully saturated rings. The van der Waals surface area contributed by atoms with Crippen molar-refractivity contribution >= 4 is 0 Å². The van der Waals surface area contributed by atoms with Gasteiger partial charge in [-0.2, -0.15) is 0 Å². The molecular formula is C9H14O. The standard InChI is InChI=1S/C9H14O/c1-6-5-8-3-4-9(10-8)7(6)2/h8-9H,3-5H2,1-2H3. The molecule has 2 atom stereocenters. The minimum atomic E-state index is 0.485. The molecule has 0 spiro atoms. The summed E-state index contributed by atoms with van der Waals surface area (Å²) in [6.45, 7) is 4.45. The van der Waals surface area contributed by atoms with Crippen LogP contribution in [0.1, 0.15) is 33.1 Å². The highest BCUT2D eigenvalue weighted by molar-refractivity contribution is 5.20. The summed E-state index contributed by atoms with van der Waals surface area (Å²) in [6.07, 6.45) is 4.77. The van der Waals surface area contributed by atoms with Crippen molar-refractivity contribution in [3.63, 3.8) is 0 Å². The zero-order valence-electron chi connectivity index (χ0n) is 6.68. The molecule has 2 unspecified atom stereocenters. The van der Waals surface area contributed by atoms with Gasteiger partial charge in [-0.25, -0.2) is 0 Å². The van der Waals surface area contributed by atoms with Gasteiger partial charge in [0.25, 0.3) is 0 Å². The maximum absolute atomic E-state index is 5.72. The molecule has 2 aliphatic rings. The number of ether oxygens (including phenoxy) is 1. The number of hydrogen-bond acceptors (Lipinski definition) is 1. The molecule has 56 valence electrons. The lowest BCUT2D eigenvalue weighted by Gasteiger charge is -2.22. The third-order valence-corrected chi connectivity index (χ3v) is 2.80. The Morgan fingerprint density at radius 3 is 2.90 bits per heavy atom. The second-order valence-electron chi connectivity index (χ2n) is 3.49. The van der Waals surface area contributed by atoms with Crippen LogP contribution in [0.25, 0.3) is 0 Å². The zero-order chi connectivity index (χ0) is 7.14. The van der Waals surface area contributed by atoms with E-state index in [1.165, 1.54) is 24.8 Å². The van der Waals surface area contributed by atoms with Gasteiger partial charge in [0.1, 0.15) is 0 Å². The molecular weight excluding hydrogens is 124 g/mol. The summed E-state index contributed by atoms with van der Waals surface area (Å²) in [5.74, 6) is 0. The Hall–Kier alpha value is -0.300. The number of hydrogen-bond donors (Lipinski definition) is 0. The predicted molar refractivity (Wildman–Crippen MR) is 40.9 cm³/mol. The molecule has 0 radical (unpaired) electrons. The minimum Gasteiger partial charge on any atom is -0.370 e. The van der Waals surface area contributed by atoms with Crippen LogP contribution in [0.3, 0.4) is 0 Å². The van der Waals surface area contributed by atoms with Gasteiger partial charge in [0, 0.05) is 0 Å². The summed E-state index contributed by atoms with van der Waals surface area (Å²) in [6, 6.07) is 0. The van der Waals surface area contributed by atoms with E-state index in [1.807, 2.05) is 0 Å². The molecule has 0 aliphatic carbocycles. The fourth-order valence-electron chi connectivity index (χ4n) is 1.95. The van der Waals surface area contributed by atoms with Gasteiger partial charge < -0.3 is 4.74 Å². The lowest BCUT2D eigenvalue weighted by molar-refractivity contribution is 0.0531. The molecule has 2 rings (SSSR count). The Bertz CT molecular complexity index is 181. The Morgan fingerprint density at radius 2 is 2.10 bits per heavy atom. The topological polar surface area (TPSA) is 9.23 Å². The molecule has 0 aromatic carbocycles. The van der Waals surface area contributed by atoms with E-state index in [0.717, 1.165) is 0 Å². The van der Waals surface area contributed by atoms with E-state index in [0.29, 0.717) is 12.2 Å². The van der Waals surface area contributed by atoms with Crippen molar-refractivity contribution in [1.82, 2.24) is 0 Å². The smallest absolute Gasteiger partial charge is 0.0789 e. The van der Waals surface area contributed by atoms with Crippen LogP contribution in [-0.4, -0.2) is 12.2 Å². The van der Waals surface area contributed by atoms with E-state index in [-0.39, 0.29) is 0 Å². The van der Waals surface area contributed by atoms with E-state index >= 15 is 0 Å². The van der Waals surface area contributed by atoms with Crippen molar-refractivity contribution in [1.29, 1.82) is 0 Å². The van der Waals surface area contributed by atoms with Gasteiger partial charge in [-0.05, 0) is 38.7 Å². The van der Waals surface area contributed by atoms with Crippen molar-refractivity contribution in [3.8, 4) is 0 Å². The van der Waals surface area contributed by atoms with Crippen LogP contribution < -0.4 is 0 Å². The molecule has 10 heavy (non-hydrogen) atoms. The van der Waals surface area contributed by atoms with E-state index in [9.17, 15) is 0 Å². The molecule has 0 aromatic heterocycles. The van der Waals surface area contributed by atoms with Crippen molar-refractivity contribution < 1.29 is 4.74 Å². The molecule has 0 amide bonds. The summed E-state index contributed by atoms with van der Waals surface area (Å²) in [7, 11) is 0. The summed E-state index contributed by atoms with van der Waals surface area (Å²) in [5, 5.41) is 0. The van der Waals surface area contributed by atoms with Gasteiger partial charge in [0.05, 0.1) is 12.2 Å². The van der Waals surface area contributed by atoms with Gasteiger partial charge in [-0.15, -0.1) is 0 Å². The monoisotopic (exact) mass is 138 g/mol. The van der Waals surface area contributed by atoms with Crippen LogP contribution in [0.5, 0.6) is 0 Å². The molecule has 0 aromatic rings. The van der Waals surface area contributed by atoms with Gasteiger partial charge in [0.2, 0.25) is 0 Å². The Morgan fingerprint density at radius 1 is 1.30 bits per heavy atom. The van der Waals surface area contributed by atoms with Gasteiger partial charge in [0.15, 0.2) is 0 Å². The molecule has 1 nitrogen and oxygen atoms in total. The third kappa shape index (κ3) is 0.807. The molecule has 2 heterocycles. The van der Waals surface area contributed by atoms with Crippen LogP contribution in [0.2, 0.25) is 0 Å². The summed E-state index contributed by atoms with van der Waals surface area (Å²) in [5.41, 5.74) is 3.06. The zero-order valence-corrected chi connectivity index (χ0v) is 6.68. The van der Waals surface area contributed by atoms with Crippen molar-refractivity contribution in [2.75, 3.05) is 0 Å². The largest absolute Gasteiger partial charge is 0.370 e. The van der Waals surface area contributed by atoms with E-state index in [1.54, 1.807) is 5.57 Å². The predicted octanol–water partition coefficient (Wildman–Crippen LogP) is 2.27. The van der Waals surface area contributed by atoms with Gasteiger partial charge in [-0.1, -0.05) is 5.57 Å². The molecule has 1 saturated heterocycles. The highest BCUT2D eigenvalue weighted by Crippen LogP contribution is 2.35. The van der Waals surface area contributed by atoms with E-state index in [4.69, 9.17) is 4.74 Å². The summed E-state index contributed by atoms with van der Waals surface area (Å²) < 4.78 is 5.72. The Balaban J connectivity index is 2.28. The van der Waals surface area contributed by atoms with Crippen LogP contribution in [0.4, 0.5) is 0 Å². The lowest BCUT2D eigenvalue weighted by Crippen LogP contribution is -2.19. The average molecular weight is 138 g/mol.